The molecule has 10 heteroatoms. The van der Waals surface area contributed by atoms with E-state index in [1.165, 1.54) is 18.3 Å². The molecule has 1 aromatic heterocycles. The fraction of sp³-hybridized carbons (Fsp3) is 0.143. The Morgan fingerprint density at radius 2 is 2.17 bits per heavy atom. The van der Waals surface area contributed by atoms with Crippen LogP contribution in [0.4, 0.5) is 24.7 Å². The molecule has 1 aromatic carbocycles. The van der Waals surface area contributed by atoms with Gasteiger partial charge in [-0.25, -0.2) is 9.97 Å². The van der Waals surface area contributed by atoms with Crippen molar-refractivity contribution < 1.29 is 18.0 Å². The van der Waals surface area contributed by atoms with Crippen LogP contribution >= 0.6 is 11.8 Å². The van der Waals surface area contributed by atoms with Crippen LogP contribution in [0.5, 0.6) is 0 Å². The minimum absolute atomic E-state index is 0.00622. The van der Waals surface area contributed by atoms with E-state index in [1.807, 2.05) is 0 Å². The number of aromatic nitrogens is 2. The third kappa shape index (κ3) is 4.60. The number of alkyl halides is 3. The largest absolute Gasteiger partial charge is 0.416 e. The van der Waals surface area contributed by atoms with Crippen molar-refractivity contribution >= 4 is 29.2 Å². The van der Waals surface area contributed by atoms with Gasteiger partial charge in [0.15, 0.2) is 5.16 Å². The number of nitriles is 1. The van der Waals surface area contributed by atoms with Crippen molar-refractivity contribution in [2.24, 2.45) is 0 Å². The first-order chi connectivity index (χ1) is 11.3. The third-order valence-corrected chi connectivity index (χ3v) is 3.58. The average Bonchev–Trinajstić information content (AvgIpc) is 2.52. The maximum atomic E-state index is 12.6. The van der Waals surface area contributed by atoms with Crippen LogP contribution in [-0.4, -0.2) is 21.6 Å². The molecule has 2 aromatic rings. The van der Waals surface area contributed by atoms with Crippen molar-refractivity contribution in [3.05, 3.63) is 41.6 Å². The molecule has 2 rings (SSSR count). The van der Waals surface area contributed by atoms with Crippen LogP contribution in [0.2, 0.25) is 0 Å². The maximum absolute atomic E-state index is 12.6. The minimum atomic E-state index is -4.48. The first kappa shape index (κ1) is 17.6. The van der Waals surface area contributed by atoms with Gasteiger partial charge in [0.1, 0.15) is 17.5 Å². The van der Waals surface area contributed by atoms with E-state index in [2.05, 4.69) is 15.3 Å². The van der Waals surface area contributed by atoms with Crippen molar-refractivity contribution in [1.82, 2.24) is 9.97 Å². The van der Waals surface area contributed by atoms with E-state index in [0.717, 1.165) is 23.9 Å². The van der Waals surface area contributed by atoms with Gasteiger partial charge < -0.3 is 11.1 Å². The molecule has 124 valence electrons. The van der Waals surface area contributed by atoms with Gasteiger partial charge in [0, 0.05) is 5.69 Å². The zero-order valence-corrected chi connectivity index (χ0v) is 12.8. The van der Waals surface area contributed by atoms with Crippen molar-refractivity contribution in [3.63, 3.8) is 0 Å². The lowest BCUT2D eigenvalue weighted by atomic mass is 10.2. The lowest BCUT2D eigenvalue weighted by Gasteiger charge is -2.09. The zero-order valence-electron chi connectivity index (χ0n) is 12.0. The summed E-state index contributed by atoms with van der Waals surface area (Å²) in [6.45, 7) is 0. The van der Waals surface area contributed by atoms with Crippen LogP contribution in [0.15, 0.2) is 35.6 Å². The fourth-order valence-electron chi connectivity index (χ4n) is 1.63. The molecule has 0 saturated heterocycles. The average molecular weight is 353 g/mol. The van der Waals surface area contributed by atoms with Gasteiger partial charge in [-0.2, -0.15) is 18.4 Å². The highest BCUT2D eigenvalue weighted by Gasteiger charge is 2.30. The van der Waals surface area contributed by atoms with Crippen LogP contribution in [0.25, 0.3) is 0 Å². The molecule has 0 fully saturated rings. The van der Waals surface area contributed by atoms with Gasteiger partial charge in [-0.1, -0.05) is 17.8 Å². The number of thioether (sulfide) groups is 1. The molecular formula is C14H10F3N5OS. The third-order valence-electron chi connectivity index (χ3n) is 2.72. The lowest BCUT2D eigenvalue weighted by molar-refractivity contribution is -0.137. The van der Waals surface area contributed by atoms with E-state index in [1.54, 1.807) is 6.07 Å². The Balaban J connectivity index is 1.97. The minimum Gasteiger partial charge on any atom is -0.382 e. The molecular weight excluding hydrogens is 343 g/mol. The van der Waals surface area contributed by atoms with E-state index in [4.69, 9.17) is 11.0 Å². The Labute approximate surface area is 138 Å². The number of amides is 1. The topological polar surface area (TPSA) is 105 Å². The van der Waals surface area contributed by atoms with E-state index < -0.39 is 17.6 Å². The smallest absolute Gasteiger partial charge is 0.382 e. The standard InChI is InChI=1S/C14H10F3N5OS/c15-14(16,17)9-2-1-3-10(4-9)21-11(23)7-24-13-20-6-8(5-18)12(19)22-13/h1-4,6H,7H2,(H,21,23)(H2,19,20,22). The summed E-state index contributed by atoms with van der Waals surface area (Å²) in [4.78, 5) is 19.5. The number of hydrogen-bond donors (Lipinski definition) is 2. The fourth-order valence-corrected chi connectivity index (χ4v) is 2.26. The SMILES string of the molecule is N#Cc1cnc(SCC(=O)Nc2cccc(C(F)(F)F)c2)nc1N. The number of carbonyl (C=O) groups excluding carboxylic acids is 1. The normalized spacial score (nSPS) is 10.9. The summed E-state index contributed by atoms with van der Waals surface area (Å²) >= 11 is 0.945. The first-order valence-corrected chi connectivity index (χ1v) is 7.40. The first-order valence-electron chi connectivity index (χ1n) is 6.42. The molecule has 0 spiro atoms. The summed E-state index contributed by atoms with van der Waals surface area (Å²) in [7, 11) is 0. The van der Waals surface area contributed by atoms with Crippen LogP contribution in [0, 0.1) is 11.3 Å². The Kier molecular flexibility index (Phi) is 5.25. The second-order valence-electron chi connectivity index (χ2n) is 4.48. The van der Waals surface area contributed by atoms with Gasteiger partial charge in [0.2, 0.25) is 5.91 Å². The second kappa shape index (κ2) is 7.18. The summed E-state index contributed by atoms with van der Waals surface area (Å²) in [6.07, 6.45) is -3.25. The molecule has 1 heterocycles. The van der Waals surface area contributed by atoms with Crippen molar-refractivity contribution in [3.8, 4) is 6.07 Å². The van der Waals surface area contributed by atoms with E-state index in [9.17, 15) is 18.0 Å². The van der Waals surface area contributed by atoms with Gasteiger partial charge in [-0.3, -0.25) is 4.79 Å². The molecule has 0 bridgehead atoms. The van der Waals surface area contributed by atoms with Gasteiger partial charge in [0.25, 0.3) is 0 Å². The molecule has 3 N–H and O–H groups in total. The molecule has 6 nitrogen and oxygen atoms in total. The number of carbonyl (C=O) groups is 1. The summed E-state index contributed by atoms with van der Waals surface area (Å²) in [6, 6.07) is 6.13. The number of nitrogens with one attached hydrogen (secondary N) is 1. The summed E-state index contributed by atoms with van der Waals surface area (Å²) in [5.41, 5.74) is 4.83. The van der Waals surface area contributed by atoms with Crippen molar-refractivity contribution in [2.45, 2.75) is 11.3 Å². The Morgan fingerprint density at radius 3 is 2.79 bits per heavy atom. The van der Waals surface area contributed by atoms with Crippen LogP contribution in [0.3, 0.4) is 0 Å². The van der Waals surface area contributed by atoms with E-state index in [-0.39, 0.29) is 28.0 Å². The summed E-state index contributed by atoms with van der Waals surface area (Å²) in [5.74, 6) is -0.652. The number of rotatable bonds is 4. The number of nitrogens with two attached hydrogens (primary N) is 1. The van der Waals surface area contributed by atoms with Crippen molar-refractivity contribution in [2.75, 3.05) is 16.8 Å². The zero-order chi connectivity index (χ0) is 17.7. The maximum Gasteiger partial charge on any atom is 0.416 e. The monoisotopic (exact) mass is 353 g/mol. The lowest BCUT2D eigenvalue weighted by Crippen LogP contribution is -2.15. The van der Waals surface area contributed by atoms with Gasteiger partial charge >= 0.3 is 6.18 Å². The highest BCUT2D eigenvalue weighted by molar-refractivity contribution is 7.99. The van der Waals surface area contributed by atoms with Crippen LogP contribution in [0.1, 0.15) is 11.1 Å². The number of anilines is 2. The molecule has 0 aliphatic carbocycles. The molecule has 0 aliphatic rings. The highest BCUT2D eigenvalue weighted by Crippen LogP contribution is 2.30. The number of halogens is 3. The summed E-state index contributed by atoms with van der Waals surface area (Å²) in [5, 5.41) is 11.3. The molecule has 1 amide bonds. The number of nitrogens with zero attached hydrogens (tertiary/aromatic N) is 3. The Hall–Kier alpha value is -2.80. The molecule has 0 atom stereocenters. The van der Waals surface area contributed by atoms with Gasteiger partial charge in [-0.05, 0) is 18.2 Å². The van der Waals surface area contributed by atoms with Gasteiger partial charge in [0.05, 0.1) is 17.5 Å². The van der Waals surface area contributed by atoms with Crippen molar-refractivity contribution in [1.29, 1.82) is 5.26 Å². The highest BCUT2D eigenvalue weighted by atomic mass is 32.2. The van der Waals surface area contributed by atoms with Gasteiger partial charge in [-0.15, -0.1) is 0 Å². The Morgan fingerprint density at radius 1 is 1.42 bits per heavy atom. The molecule has 0 radical (unpaired) electrons. The number of hydrogen-bond acceptors (Lipinski definition) is 6. The Bertz CT molecular complexity index is 804. The molecule has 0 saturated carbocycles. The second-order valence-corrected chi connectivity index (χ2v) is 5.42. The van der Waals surface area contributed by atoms with E-state index >= 15 is 0 Å². The number of nitrogen functional groups attached to an aromatic ring is 1. The quantitative estimate of drug-likeness (QED) is 0.647. The van der Waals surface area contributed by atoms with Crippen LogP contribution < -0.4 is 11.1 Å². The summed E-state index contributed by atoms with van der Waals surface area (Å²) < 4.78 is 37.8. The van der Waals surface area contributed by atoms with E-state index in [0.29, 0.717) is 0 Å². The molecule has 0 unspecified atom stereocenters. The predicted molar refractivity (Wildman–Crippen MR) is 82.0 cm³/mol. The molecule has 0 aliphatic heterocycles. The predicted octanol–water partition coefficient (Wildman–Crippen LogP) is 2.68. The molecule has 24 heavy (non-hydrogen) atoms. The number of benzene rings is 1. The van der Waals surface area contributed by atoms with Crippen LogP contribution in [-0.2, 0) is 11.0 Å².